The number of halogens is 5. The molecule has 0 fully saturated rings. The first-order valence-corrected chi connectivity index (χ1v) is 11.4. The molecule has 4 rings (SSSR count). The van der Waals surface area contributed by atoms with Gasteiger partial charge in [0, 0.05) is 21.1 Å². The summed E-state index contributed by atoms with van der Waals surface area (Å²) in [5.74, 6) is -1.76. The lowest BCUT2D eigenvalue weighted by Gasteiger charge is -2.08. The molecule has 0 aromatic heterocycles. The van der Waals surface area contributed by atoms with Crippen LogP contribution in [0.3, 0.4) is 0 Å². The Morgan fingerprint density at radius 1 is 0.639 bits per heavy atom. The number of hydrogen-bond donors (Lipinski definition) is 6. The lowest BCUT2D eigenvalue weighted by molar-refractivity contribution is 0.423. The van der Waals surface area contributed by atoms with Crippen molar-refractivity contribution in [2.24, 2.45) is 0 Å². The van der Waals surface area contributed by atoms with Gasteiger partial charge >= 0.3 is 7.12 Å². The highest BCUT2D eigenvalue weighted by atomic mass is 79.9. The SMILES string of the molecule is OB(O)c1ccccc1F.Oc1cc(Cl)cc(O)c1-c1ccccc1F.Oc1cc(Cl)cc(O)c1Br. The zero-order valence-electron chi connectivity index (χ0n) is 18.1. The summed E-state index contributed by atoms with van der Waals surface area (Å²) in [5.41, 5.74) is 0.0826. The van der Waals surface area contributed by atoms with Gasteiger partial charge in [-0.05, 0) is 52.3 Å². The molecule has 0 heterocycles. The van der Waals surface area contributed by atoms with Crippen LogP contribution in [0, 0.1) is 11.6 Å². The zero-order valence-corrected chi connectivity index (χ0v) is 21.2. The third-order valence-electron chi connectivity index (χ3n) is 4.39. The zero-order chi connectivity index (χ0) is 27.0. The van der Waals surface area contributed by atoms with Gasteiger partial charge in [0.05, 0.1) is 5.56 Å². The number of hydrogen-bond acceptors (Lipinski definition) is 6. The lowest BCUT2D eigenvalue weighted by atomic mass is 9.80. The fraction of sp³-hybridized carbons (Fsp3) is 0. The minimum atomic E-state index is -1.72. The van der Waals surface area contributed by atoms with Crippen LogP contribution in [0.2, 0.25) is 10.0 Å². The molecule has 0 amide bonds. The number of rotatable bonds is 2. The van der Waals surface area contributed by atoms with E-state index in [0.29, 0.717) is 5.02 Å². The molecule has 188 valence electrons. The van der Waals surface area contributed by atoms with Crippen molar-refractivity contribution in [1.82, 2.24) is 0 Å². The maximum absolute atomic E-state index is 13.5. The van der Waals surface area contributed by atoms with E-state index in [1.807, 2.05) is 0 Å². The molecule has 0 aliphatic carbocycles. The highest BCUT2D eigenvalue weighted by molar-refractivity contribution is 9.10. The monoisotopic (exact) mass is 600 g/mol. The Morgan fingerprint density at radius 3 is 1.47 bits per heavy atom. The number of phenols is 4. The van der Waals surface area contributed by atoms with Crippen LogP contribution in [0.15, 0.2) is 77.3 Å². The Kier molecular flexibility index (Phi) is 10.8. The molecule has 6 N–H and O–H groups in total. The summed E-state index contributed by atoms with van der Waals surface area (Å²) in [6, 6.07) is 16.6. The van der Waals surface area contributed by atoms with Crippen LogP contribution in [-0.4, -0.2) is 37.6 Å². The van der Waals surface area contributed by atoms with Crippen molar-refractivity contribution in [3.63, 3.8) is 0 Å². The van der Waals surface area contributed by atoms with E-state index in [2.05, 4.69) is 15.9 Å². The van der Waals surface area contributed by atoms with Crippen LogP contribution in [-0.2, 0) is 0 Å². The van der Waals surface area contributed by atoms with Crippen LogP contribution >= 0.6 is 39.1 Å². The van der Waals surface area contributed by atoms with E-state index in [4.69, 9.17) is 43.5 Å². The van der Waals surface area contributed by atoms with E-state index in [9.17, 15) is 19.0 Å². The van der Waals surface area contributed by atoms with Gasteiger partial charge in [-0.15, -0.1) is 0 Å². The van der Waals surface area contributed by atoms with E-state index in [1.165, 1.54) is 66.7 Å². The Bertz CT molecular complexity index is 1300. The fourth-order valence-corrected chi connectivity index (χ4v) is 3.41. The summed E-state index contributed by atoms with van der Waals surface area (Å²) < 4.78 is 26.3. The minimum absolute atomic E-state index is 0.0440. The van der Waals surface area contributed by atoms with E-state index in [1.54, 1.807) is 6.07 Å². The molecule has 0 saturated heterocycles. The van der Waals surface area contributed by atoms with Crippen LogP contribution < -0.4 is 5.46 Å². The van der Waals surface area contributed by atoms with Gasteiger partial charge in [0.15, 0.2) is 0 Å². The first kappa shape index (κ1) is 29.2. The van der Waals surface area contributed by atoms with Gasteiger partial charge in [-0.2, -0.15) is 0 Å². The highest BCUT2D eigenvalue weighted by Crippen LogP contribution is 2.40. The quantitative estimate of drug-likeness (QED) is 0.167. The van der Waals surface area contributed by atoms with Crippen molar-refractivity contribution in [1.29, 1.82) is 0 Å². The summed E-state index contributed by atoms with van der Waals surface area (Å²) >= 11 is 14.1. The van der Waals surface area contributed by atoms with Crippen LogP contribution in [0.1, 0.15) is 0 Å². The van der Waals surface area contributed by atoms with Gasteiger partial charge in [0.1, 0.15) is 39.1 Å². The summed E-state index contributed by atoms with van der Waals surface area (Å²) in [7, 11) is -1.72. The minimum Gasteiger partial charge on any atom is -0.507 e. The summed E-state index contributed by atoms with van der Waals surface area (Å²) in [6.07, 6.45) is 0. The molecular formula is C24H18BBrCl2F2O6. The van der Waals surface area contributed by atoms with E-state index >= 15 is 0 Å². The Balaban J connectivity index is 0.000000200. The molecule has 0 spiro atoms. The molecule has 4 aromatic rings. The second-order valence-corrected chi connectivity index (χ2v) is 8.62. The van der Waals surface area contributed by atoms with Gasteiger partial charge in [-0.1, -0.05) is 59.6 Å². The molecule has 0 radical (unpaired) electrons. The van der Waals surface area contributed by atoms with Crippen molar-refractivity contribution in [2.45, 2.75) is 0 Å². The molecule has 12 heteroatoms. The maximum atomic E-state index is 13.5. The molecule has 4 aromatic carbocycles. The molecule has 0 atom stereocenters. The van der Waals surface area contributed by atoms with Gasteiger partial charge < -0.3 is 30.5 Å². The Morgan fingerprint density at radius 2 is 1.06 bits per heavy atom. The van der Waals surface area contributed by atoms with E-state index in [0.717, 1.165) is 0 Å². The molecule has 36 heavy (non-hydrogen) atoms. The van der Waals surface area contributed by atoms with Crippen molar-refractivity contribution in [2.75, 3.05) is 0 Å². The topological polar surface area (TPSA) is 121 Å². The number of benzene rings is 4. The average Bonchev–Trinajstić information content (AvgIpc) is 2.79. The summed E-state index contributed by atoms with van der Waals surface area (Å²) in [6.45, 7) is 0. The van der Waals surface area contributed by atoms with Gasteiger partial charge in [-0.3, -0.25) is 0 Å². The van der Waals surface area contributed by atoms with Gasteiger partial charge in [-0.25, -0.2) is 8.78 Å². The largest absolute Gasteiger partial charge is 0.507 e. The second-order valence-electron chi connectivity index (χ2n) is 6.95. The van der Waals surface area contributed by atoms with Crippen molar-refractivity contribution in [3.8, 4) is 34.1 Å². The van der Waals surface area contributed by atoms with Crippen molar-refractivity contribution >= 4 is 51.7 Å². The third kappa shape index (κ3) is 8.01. The van der Waals surface area contributed by atoms with Gasteiger partial charge in [0.25, 0.3) is 0 Å². The number of aromatic hydroxyl groups is 4. The normalized spacial score (nSPS) is 9.97. The predicted molar refractivity (Wildman–Crippen MR) is 139 cm³/mol. The fourth-order valence-electron chi connectivity index (χ4n) is 2.76. The Hall–Kier alpha value is -3.02. The standard InChI is InChI=1S/C12H8ClFO2.C6H6BFO2.C6H4BrClO2/c13-7-5-10(15)12(11(16)6-7)8-3-1-2-4-9(8)14;8-6-4-2-1-3-5(6)7(9)10;7-6-4(9)1-3(8)2-5(6)10/h1-6,15-16H;1-4,9-10H;1-2,9-10H. The van der Waals surface area contributed by atoms with E-state index < -0.39 is 18.8 Å². The van der Waals surface area contributed by atoms with Gasteiger partial charge in [0.2, 0.25) is 0 Å². The smallest absolute Gasteiger partial charge is 0.491 e. The highest BCUT2D eigenvalue weighted by Gasteiger charge is 2.15. The molecule has 0 unspecified atom stereocenters. The Labute approximate surface area is 223 Å². The first-order valence-electron chi connectivity index (χ1n) is 9.86. The van der Waals surface area contributed by atoms with E-state index in [-0.39, 0.29) is 49.1 Å². The molecule has 0 saturated carbocycles. The second kappa shape index (κ2) is 13.3. The van der Waals surface area contributed by atoms with Crippen LogP contribution in [0.5, 0.6) is 23.0 Å². The van der Waals surface area contributed by atoms with Crippen LogP contribution in [0.25, 0.3) is 11.1 Å². The number of phenolic OH excluding ortho intramolecular Hbond substituents is 4. The molecule has 0 aliphatic heterocycles. The molecule has 6 nitrogen and oxygen atoms in total. The third-order valence-corrected chi connectivity index (χ3v) is 5.64. The molecule has 0 bridgehead atoms. The average molecular weight is 602 g/mol. The maximum Gasteiger partial charge on any atom is 0.491 e. The van der Waals surface area contributed by atoms with Crippen LogP contribution in [0.4, 0.5) is 8.78 Å². The summed E-state index contributed by atoms with van der Waals surface area (Å²) in [4.78, 5) is 0. The summed E-state index contributed by atoms with van der Waals surface area (Å²) in [5, 5.41) is 54.8. The lowest BCUT2D eigenvalue weighted by Crippen LogP contribution is -2.32. The predicted octanol–water partition coefficient (Wildman–Crippen LogP) is 5.58. The first-order chi connectivity index (χ1) is 16.9. The van der Waals surface area contributed by atoms with Crippen molar-refractivity contribution in [3.05, 3.63) is 98.9 Å². The van der Waals surface area contributed by atoms with Crippen molar-refractivity contribution < 1.29 is 39.3 Å². The molecular weight excluding hydrogens is 584 g/mol. The molecule has 0 aliphatic rings.